The summed E-state index contributed by atoms with van der Waals surface area (Å²) in [5.74, 6) is 0.465. The van der Waals surface area contributed by atoms with Crippen LogP contribution in [-0.2, 0) is 19.3 Å². The van der Waals surface area contributed by atoms with Gasteiger partial charge < -0.3 is 10.2 Å². The predicted octanol–water partition coefficient (Wildman–Crippen LogP) is 7.86. The normalized spacial score (nSPS) is 17.7. The third-order valence-electron chi connectivity index (χ3n) is 8.02. The van der Waals surface area contributed by atoms with E-state index in [0.29, 0.717) is 5.92 Å². The number of furan rings is 1. The number of nitrogens with two attached hydrogens (primary N) is 1. The van der Waals surface area contributed by atoms with Gasteiger partial charge in [0.25, 0.3) is 0 Å². The number of rotatable bonds is 1. The van der Waals surface area contributed by atoms with Gasteiger partial charge in [-0.25, -0.2) is 0 Å². The van der Waals surface area contributed by atoms with Gasteiger partial charge in [-0.2, -0.15) is 0 Å². The standard InChI is InChI=1S/C30H31NO/c1-16-8-7-11-23-19(4)29(18(3)17(2)28(16)23)25-14-22(31)15-27-30(25)24-12-20-9-5-6-10-21(20)13-26(24)32-27/h7-8,12-16H,5-6,9-11,31H2,1-4H3. The summed E-state index contributed by atoms with van der Waals surface area (Å²) in [6, 6.07) is 8.85. The average Bonchev–Trinajstić information content (AvgIpc) is 3.12. The molecule has 0 radical (unpaired) electrons. The van der Waals surface area contributed by atoms with Crippen LogP contribution in [-0.4, -0.2) is 0 Å². The maximum atomic E-state index is 6.43. The van der Waals surface area contributed by atoms with Gasteiger partial charge >= 0.3 is 0 Å². The molecule has 162 valence electrons. The fourth-order valence-corrected chi connectivity index (χ4v) is 6.37. The summed E-state index contributed by atoms with van der Waals surface area (Å²) in [6.07, 6.45) is 10.6. The van der Waals surface area contributed by atoms with E-state index < -0.39 is 0 Å². The lowest BCUT2D eigenvalue weighted by Crippen LogP contribution is -2.10. The lowest BCUT2D eigenvalue weighted by Gasteiger charge is -2.27. The van der Waals surface area contributed by atoms with Crippen LogP contribution in [0.2, 0.25) is 0 Å². The Labute approximate surface area is 190 Å². The molecule has 0 amide bonds. The van der Waals surface area contributed by atoms with Crippen LogP contribution in [0.5, 0.6) is 0 Å². The Morgan fingerprint density at radius 3 is 2.41 bits per heavy atom. The van der Waals surface area contributed by atoms with Crippen molar-refractivity contribution in [2.24, 2.45) is 0 Å². The van der Waals surface area contributed by atoms with Crippen LogP contribution < -0.4 is 5.73 Å². The van der Waals surface area contributed by atoms with Crippen molar-refractivity contribution in [3.63, 3.8) is 0 Å². The van der Waals surface area contributed by atoms with Crippen LogP contribution >= 0.6 is 0 Å². The zero-order chi connectivity index (χ0) is 22.1. The molecule has 3 aromatic carbocycles. The Morgan fingerprint density at radius 2 is 1.62 bits per heavy atom. The molecule has 0 spiro atoms. The molecule has 32 heavy (non-hydrogen) atoms. The van der Waals surface area contributed by atoms with E-state index in [1.807, 2.05) is 6.07 Å². The largest absolute Gasteiger partial charge is 0.456 e. The number of benzene rings is 3. The van der Waals surface area contributed by atoms with Crippen LogP contribution in [0.1, 0.15) is 64.6 Å². The molecule has 2 N–H and O–H groups in total. The third-order valence-corrected chi connectivity index (χ3v) is 8.02. The number of hydrogen-bond donors (Lipinski definition) is 1. The molecule has 2 nitrogen and oxygen atoms in total. The smallest absolute Gasteiger partial charge is 0.138 e. The number of hydrogen-bond acceptors (Lipinski definition) is 2. The zero-order valence-electron chi connectivity index (χ0n) is 19.6. The average molecular weight is 422 g/mol. The van der Waals surface area contributed by atoms with E-state index in [0.717, 1.165) is 29.7 Å². The molecule has 0 bridgehead atoms. The molecule has 0 fully saturated rings. The molecule has 4 aromatic rings. The maximum Gasteiger partial charge on any atom is 0.138 e. The Morgan fingerprint density at radius 1 is 0.875 bits per heavy atom. The predicted molar refractivity (Wildman–Crippen MR) is 136 cm³/mol. The van der Waals surface area contributed by atoms with E-state index in [4.69, 9.17) is 10.2 Å². The first-order chi connectivity index (χ1) is 15.4. The molecule has 2 aliphatic carbocycles. The van der Waals surface area contributed by atoms with Crippen molar-refractivity contribution < 1.29 is 4.42 Å². The molecular weight excluding hydrogens is 390 g/mol. The lowest BCUT2D eigenvalue weighted by molar-refractivity contribution is 0.659. The minimum atomic E-state index is 0.465. The van der Waals surface area contributed by atoms with Gasteiger partial charge in [0.1, 0.15) is 11.2 Å². The molecule has 1 unspecified atom stereocenters. The van der Waals surface area contributed by atoms with Crippen molar-refractivity contribution in [1.29, 1.82) is 0 Å². The molecule has 1 heterocycles. The summed E-state index contributed by atoms with van der Waals surface area (Å²) in [4.78, 5) is 0. The first kappa shape index (κ1) is 19.7. The highest BCUT2D eigenvalue weighted by Gasteiger charge is 2.25. The van der Waals surface area contributed by atoms with E-state index in [2.05, 4.69) is 58.0 Å². The quantitative estimate of drug-likeness (QED) is 0.251. The van der Waals surface area contributed by atoms with Crippen LogP contribution in [0.25, 0.3) is 33.1 Å². The molecular formula is C30H31NO. The van der Waals surface area contributed by atoms with Gasteiger partial charge in [-0.3, -0.25) is 0 Å². The number of nitrogen functional groups attached to an aromatic ring is 1. The second kappa shape index (κ2) is 7.00. The first-order valence-corrected chi connectivity index (χ1v) is 12.0. The van der Waals surface area contributed by atoms with Gasteiger partial charge in [-0.1, -0.05) is 19.1 Å². The Bertz CT molecular complexity index is 1450. The topological polar surface area (TPSA) is 39.2 Å². The lowest BCUT2D eigenvalue weighted by atomic mass is 9.77. The molecule has 0 saturated heterocycles. The summed E-state index contributed by atoms with van der Waals surface area (Å²) < 4.78 is 6.41. The fraction of sp³-hybridized carbons (Fsp3) is 0.333. The molecule has 0 saturated carbocycles. The van der Waals surface area contributed by atoms with E-state index in [1.165, 1.54) is 80.1 Å². The fourth-order valence-electron chi connectivity index (χ4n) is 6.37. The molecule has 6 rings (SSSR count). The SMILES string of the molecule is Cc1c(C)c2c(c(C)c1-c1cc(N)cc3oc4cc5c(cc4c13)CCCC5)CC=CC2C. The Kier molecular flexibility index (Phi) is 4.30. The summed E-state index contributed by atoms with van der Waals surface area (Å²) >= 11 is 0. The number of allylic oxidation sites excluding steroid dienone is 2. The molecule has 1 aromatic heterocycles. The van der Waals surface area contributed by atoms with Gasteiger partial charge in [0.15, 0.2) is 0 Å². The highest BCUT2D eigenvalue weighted by Crippen LogP contribution is 2.45. The van der Waals surface area contributed by atoms with Gasteiger partial charge in [0.05, 0.1) is 0 Å². The molecule has 2 aliphatic rings. The van der Waals surface area contributed by atoms with Gasteiger partial charge in [0, 0.05) is 22.5 Å². The van der Waals surface area contributed by atoms with E-state index in [1.54, 1.807) is 0 Å². The van der Waals surface area contributed by atoms with Gasteiger partial charge in [0.2, 0.25) is 0 Å². The second-order valence-electron chi connectivity index (χ2n) is 9.93. The molecule has 1 atom stereocenters. The Hall–Kier alpha value is -3.00. The highest BCUT2D eigenvalue weighted by molar-refractivity contribution is 6.14. The van der Waals surface area contributed by atoms with E-state index >= 15 is 0 Å². The van der Waals surface area contributed by atoms with Crippen LogP contribution in [0.3, 0.4) is 0 Å². The zero-order valence-corrected chi connectivity index (χ0v) is 19.6. The van der Waals surface area contributed by atoms with E-state index in [-0.39, 0.29) is 0 Å². The first-order valence-electron chi connectivity index (χ1n) is 12.0. The Balaban J connectivity index is 1.71. The van der Waals surface area contributed by atoms with Crippen molar-refractivity contribution in [2.45, 2.75) is 65.7 Å². The number of anilines is 1. The summed E-state index contributed by atoms with van der Waals surface area (Å²) in [5, 5.41) is 2.45. The number of fused-ring (bicyclic) bond motifs is 5. The maximum absolute atomic E-state index is 6.43. The van der Waals surface area contributed by atoms with Crippen molar-refractivity contribution in [2.75, 3.05) is 5.73 Å². The summed E-state index contributed by atoms with van der Waals surface area (Å²) in [6.45, 7) is 9.18. The van der Waals surface area contributed by atoms with Gasteiger partial charge in [-0.05, 0) is 127 Å². The van der Waals surface area contributed by atoms with Crippen molar-refractivity contribution in [3.05, 3.63) is 75.4 Å². The van der Waals surface area contributed by atoms with E-state index in [9.17, 15) is 0 Å². The summed E-state index contributed by atoms with van der Waals surface area (Å²) in [7, 11) is 0. The van der Waals surface area contributed by atoms with Crippen molar-refractivity contribution >= 4 is 27.6 Å². The number of aryl methyl sites for hydroxylation is 2. The van der Waals surface area contributed by atoms with Gasteiger partial charge in [-0.15, -0.1) is 0 Å². The molecule has 0 aliphatic heterocycles. The minimum absolute atomic E-state index is 0.465. The van der Waals surface area contributed by atoms with Crippen molar-refractivity contribution in [1.82, 2.24) is 0 Å². The second-order valence-corrected chi connectivity index (χ2v) is 9.93. The third kappa shape index (κ3) is 2.71. The molecule has 2 heteroatoms. The minimum Gasteiger partial charge on any atom is -0.456 e. The van der Waals surface area contributed by atoms with Crippen molar-refractivity contribution in [3.8, 4) is 11.1 Å². The highest BCUT2D eigenvalue weighted by atomic mass is 16.3. The monoisotopic (exact) mass is 421 g/mol. The summed E-state index contributed by atoms with van der Waals surface area (Å²) in [5.41, 5.74) is 21.8. The van der Waals surface area contributed by atoms with Crippen LogP contribution in [0.15, 0.2) is 40.8 Å². The van der Waals surface area contributed by atoms with Crippen LogP contribution in [0, 0.1) is 20.8 Å². The van der Waals surface area contributed by atoms with Crippen LogP contribution in [0.4, 0.5) is 5.69 Å².